The van der Waals surface area contributed by atoms with Crippen LogP contribution in [-0.4, -0.2) is 24.2 Å². The van der Waals surface area contributed by atoms with Crippen LogP contribution in [0.3, 0.4) is 0 Å². The Labute approximate surface area is 175 Å². The molecule has 0 fully saturated rings. The van der Waals surface area contributed by atoms with Crippen LogP contribution in [0.1, 0.15) is 123 Å². The SMILES string of the molecule is CC(C)CCCCCCCCCCCCCCCCC(=O)[NH2+]CCCO.[Cl-]. The maximum Gasteiger partial charge on any atom is 0.310 e. The number of primary amides is 1. The van der Waals surface area contributed by atoms with Gasteiger partial charge in [0, 0.05) is 13.0 Å². The summed E-state index contributed by atoms with van der Waals surface area (Å²) in [5.74, 6) is 1.14. The monoisotopic (exact) mass is 405 g/mol. The molecule has 0 saturated heterocycles. The first-order chi connectivity index (χ1) is 12.7. The number of nitrogens with two attached hydrogens (primary N) is 1. The van der Waals surface area contributed by atoms with Gasteiger partial charge in [-0.2, -0.15) is 0 Å². The van der Waals surface area contributed by atoms with Crippen LogP contribution in [0.4, 0.5) is 0 Å². The van der Waals surface area contributed by atoms with Gasteiger partial charge in [-0.3, -0.25) is 5.32 Å². The molecule has 0 unspecified atom stereocenters. The molecule has 0 heterocycles. The van der Waals surface area contributed by atoms with E-state index in [1.54, 1.807) is 5.32 Å². The number of carbonyl (C=O) groups excluding carboxylic acids is 1. The fourth-order valence-corrected chi connectivity index (χ4v) is 3.43. The summed E-state index contributed by atoms with van der Waals surface area (Å²) in [6.45, 7) is 5.56. The molecule has 164 valence electrons. The highest BCUT2D eigenvalue weighted by Gasteiger charge is 2.04. The third-order valence-corrected chi connectivity index (χ3v) is 5.19. The first-order valence-corrected chi connectivity index (χ1v) is 11.6. The number of hydrogen-bond acceptors (Lipinski definition) is 2. The Morgan fingerprint density at radius 1 is 0.704 bits per heavy atom. The van der Waals surface area contributed by atoms with Gasteiger partial charge in [-0.15, -0.1) is 0 Å². The van der Waals surface area contributed by atoms with E-state index in [2.05, 4.69) is 13.8 Å². The highest BCUT2D eigenvalue weighted by Crippen LogP contribution is 2.14. The number of halogens is 1. The summed E-state index contributed by atoms with van der Waals surface area (Å²) in [6.07, 6.45) is 21.8. The third kappa shape index (κ3) is 25.9. The molecular weight excluding hydrogens is 358 g/mol. The quantitative estimate of drug-likeness (QED) is 0.305. The Morgan fingerprint density at radius 2 is 1.11 bits per heavy atom. The molecule has 3 N–H and O–H groups in total. The van der Waals surface area contributed by atoms with Gasteiger partial charge in [-0.1, -0.05) is 104 Å². The molecule has 0 atom stereocenters. The lowest BCUT2D eigenvalue weighted by atomic mass is 10.0. The average Bonchev–Trinajstić information content (AvgIpc) is 2.61. The molecule has 0 saturated carbocycles. The molecule has 0 bridgehead atoms. The van der Waals surface area contributed by atoms with Crippen LogP contribution in [0.2, 0.25) is 0 Å². The molecule has 0 aliphatic rings. The summed E-state index contributed by atoms with van der Waals surface area (Å²) < 4.78 is 0. The maximum absolute atomic E-state index is 11.5. The van der Waals surface area contributed by atoms with Crippen LogP contribution in [0.25, 0.3) is 0 Å². The summed E-state index contributed by atoms with van der Waals surface area (Å²) in [7, 11) is 0. The van der Waals surface area contributed by atoms with E-state index in [1.165, 1.54) is 89.9 Å². The van der Waals surface area contributed by atoms with Crippen LogP contribution in [-0.2, 0) is 4.79 Å². The fraction of sp³-hybridized carbons (Fsp3) is 0.957. The molecule has 0 aliphatic carbocycles. The summed E-state index contributed by atoms with van der Waals surface area (Å²) >= 11 is 0. The highest BCUT2D eigenvalue weighted by atomic mass is 35.5. The molecule has 4 heteroatoms. The van der Waals surface area contributed by atoms with Crippen molar-refractivity contribution in [2.45, 2.75) is 123 Å². The Kier molecular flexibility index (Phi) is 25.8. The van der Waals surface area contributed by atoms with Gasteiger partial charge in [-0.25, -0.2) is 4.79 Å². The van der Waals surface area contributed by atoms with Crippen molar-refractivity contribution < 1.29 is 27.6 Å². The summed E-state index contributed by atoms with van der Waals surface area (Å²) in [6, 6.07) is 0. The molecule has 0 rings (SSSR count). The van der Waals surface area contributed by atoms with Crippen molar-refractivity contribution in [2.75, 3.05) is 13.2 Å². The van der Waals surface area contributed by atoms with E-state index < -0.39 is 0 Å². The van der Waals surface area contributed by atoms with Gasteiger partial charge in [0.15, 0.2) is 0 Å². The molecule has 3 nitrogen and oxygen atoms in total. The van der Waals surface area contributed by atoms with Gasteiger partial charge in [0.2, 0.25) is 0 Å². The number of unbranched alkanes of at least 4 members (excludes halogenated alkanes) is 13. The minimum absolute atomic E-state index is 0. The van der Waals surface area contributed by atoms with Crippen LogP contribution >= 0.6 is 0 Å². The van der Waals surface area contributed by atoms with Gasteiger partial charge >= 0.3 is 5.91 Å². The number of hydrogen-bond donors (Lipinski definition) is 2. The molecule has 0 spiro atoms. The molecule has 1 amide bonds. The molecule has 0 aliphatic heterocycles. The van der Waals surface area contributed by atoms with Crippen molar-refractivity contribution in [1.82, 2.24) is 0 Å². The van der Waals surface area contributed by atoms with Crippen molar-refractivity contribution in [2.24, 2.45) is 5.92 Å². The van der Waals surface area contributed by atoms with E-state index in [4.69, 9.17) is 5.11 Å². The smallest absolute Gasteiger partial charge is 0.310 e. The van der Waals surface area contributed by atoms with Crippen molar-refractivity contribution in [3.05, 3.63) is 0 Å². The second kappa shape index (κ2) is 23.9. The second-order valence-electron chi connectivity index (χ2n) is 8.42. The second-order valence-corrected chi connectivity index (χ2v) is 8.42. The Bertz CT molecular complexity index is 298. The Hall–Kier alpha value is -0.120. The summed E-state index contributed by atoms with van der Waals surface area (Å²) in [5, 5.41) is 10.4. The first-order valence-electron chi connectivity index (χ1n) is 11.6. The van der Waals surface area contributed by atoms with Crippen molar-refractivity contribution >= 4 is 5.91 Å². The zero-order valence-electron chi connectivity index (χ0n) is 18.3. The molecule has 0 aromatic carbocycles. The predicted molar refractivity (Wildman–Crippen MR) is 112 cm³/mol. The van der Waals surface area contributed by atoms with Gasteiger partial charge in [0.1, 0.15) is 0 Å². The lowest BCUT2D eigenvalue weighted by Crippen LogP contribution is -3.00. The van der Waals surface area contributed by atoms with E-state index in [0.717, 1.165) is 18.9 Å². The molecule has 0 radical (unpaired) electrons. The standard InChI is InChI=1S/C23H47NO2.ClH/c1-22(2)18-15-13-11-9-7-5-3-4-6-8-10-12-14-16-19-23(26)24-20-17-21-25;/h22,25H,3-21H2,1-2H3,(H,24,26);1H. The minimum Gasteiger partial charge on any atom is -1.00 e. The molecule has 0 aromatic rings. The van der Waals surface area contributed by atoms with E-state index in [-0.39, 0.29) is 24.9 Å². The van der Waals surface area contributed by atoms with E-state index in [1.807, 2.05) is 0 Å². The van der Waals surface area contributed by atoms with Gasteiger partial charge in [-0.05, 0) is 12.3 Å². The normalized spacial score (nSPS) is 11.0. The van der Waals surface area contributed by atoms with E-state index >= 15 is 0 Å². The van der Waals surface area contributed by atoms with Crippen LogP contribution in [0.15, 0.2) is 0 Å². The number of quaternary nitrogens is 1. The summed E-state index contributed by atoms with van der Waals surface area (Å²) in [4.78, 5) is 11.5. The van der Waals surface area contributed by atoms with E-state index in [9.17, 15) is 4.79 Å². The largest absolute Gasteiger partial charge is 1.00 e. The topological polar surface area (TPSA) is 53.9 Å². The molecule has 27 heavy (non-hydrogen) atoms. The fourth-order valence-electron chi connectivity index (χ4n) is 3.43. The highest BCUT2D eigenvalue weighted by molar-refractivity contribution is 5.65. The van der Waals surface area contributed by atoms with Crippen molar-refractivity contribution in [1.29, 1.82) is 0 Å². The van der Waals surface area contributed by atoms with Gasteiger partial charge in [0.25, 0.3) is 0 Å². The predicted octanol–water partition coefficient (Wildman–Crippen LogP) is 2.36. The zero-order valence-corrected chi connectivity index (χ0v) is 19.1. The lowest BCUT2D eigenvalue weighted by Gasteiger charge is -2.05. The number of aliphatic hydroxyl groups excluding tert-OH is 1. The minimum atomic E-state index is 0. The van der Waals surface area contributed by atoms with E-state index in [0.29, 0.717) is 12.8 Å². The molecular formula is C23H48ClNO2. The zero-order chi connectivity index (χ0) is 19.3. The Morgan fingerprint density at radius 3 is 1.52 bits per heavy atom. The van der Waals surface area contributed by atoms with Crippen LogP contribution in [0, 0.1) is 5.92 Å². The van der Waals surface area contributed by atoms with Crippen molar-refractivity contribution in [3.63, 3.8) is 0 Å². The number of rotatable bonds is 20. The number of aliphatic hydroxyl groups is 1. The Balaban J connectivity index is 0. The third-order valence-electron chi connectivity index (χ3n) is 5.19. The first kappa shape index (κ1) is 29.1. The maximum atomic E-state index is 11.5. The number of amides is 1. The summed E-state index contributed by atoms with van der Waals surface area (Å²) in [5.41, 5.74) is 0. The van der Waals surface area contributed by atoms with Crippen LogP contribution < -0.4 is 17.7 Å². The van der Waals surface area contributed by atoms with Gasteiger partial charge in [0.05, 0.1) is 13.0 Å². The number of carbonyl (C=O) groups is 1. The molecule has 0 aromatic heterocycles. The van der Waals surface area contributed by atoms with Crippen LogP contribution in [0.5, 0.6) is 0 Å². The average molecular weight is 406 g/mol. The lowest BCUT2D eigenvalue weighted by molar-refractivity contribution is -0.569. The van der Waals surface area contributed by atoms with Crippen molar-refractivity contribution in [3.8, 4) is 0 Å². The van der Waals surface area contributed by atoms with Gasteiger partial charge < -0.3 is 17.5 Å².